The summed E-state index contributed by atoms with van der Waals surface area (Å²) in [6, 6.07) is 6.93. The van der Waals surface area contributed by atoms with E-state index in [1.807, 2.05) is 19.1 Å². The van der Waals surface area contributed by atoms with Gasteiger partial charge in [-0.05, 0) is 38.9 Å². The lowest BCUT2D eigenvalue weighted by atomic mass is 10.1. The van der Waals surface area contributed by atoms with E-state index in [0.29, 0.717) is 4.90 Å². The fourth-order valence-electron chi connectivity index (χ4n) is 2.03. The van der Waals surface area contributed by atoms with Crippen molar-refractivity contribution < 1.29 is 8.42 Å². The third-order valence-corrected chi connectivity index (χ3v) is 4.86. The highest BCUT2D eigenvalue weighted by molar-refractivity contribution is 7.91. The molecule has 0 saturated carbocycles. The summed E-state index contributed by atoms with van der Waals surface area (Å²) in [5, 5.41) is 0. The molecule has 0 aromatic heterocycles. The predicted molar refractivity (Wildman–Crippen MR) is 77.4 cm³/mol. The minimum Gasteiger partial charge on any atom is -0.306 e. The molecule has 0 N–H and O–H groups in total. The molecule has 1 saturated heterocycles. The highest BCUT2D eigenvalue weighted by atomic mass is 32.2. The number of likely N-dealkylation sites (tertiary alicyclic amines) is 1. The van der Waals surface area contributed by atoms with Crippen LogP contribution >= 0.6 is 0 Å². The predicted octanol–water partition coefficient (Wildman–Crippen LogP) is 1.89. The molecule has 0 amide bonds. The smallest absolute Gasteiger partial charge is 0.198 e. The third kappa shape index (κ3) is 3.88. The zero-order valence-corrected chi connectivity index (χ0v) is 12.3. The lowest BCUT2D eigenvalue weighted by molar-refractivity contribution is 0.336. The van der Waals surface area contributed by atoms with Gasteiger partial charge in [-0.25, -0.2) is 8.42 Å². The van der Waals surface area contributed by atoms with Gasteiger partial charge in [-0.3, -0.25) is 4.99 Å². The van der Waals surface area contributed by atoms with Crippen molar-refractivity contribution in [3.63, 3.8) is 0 Å². The van der Waals surface area contributed by atoms with Gasteiger partial charge in [0, 0.05) is 18.8 Å². The average Bonchev–Trinajstić information content (AvgIpc) is 2.39. The first-order valence-corrected chi connectivity index (χ1v) is 8.13. The number of benzene rings is 1. The van der Waals surface area contributed by atoms with Crippen molar-refractivity contribution in [1.82, 2.24) is 4.90 Å². The van der Waals surface area contributed by atoms with Crippen LogP contribution in [0.25, 0.3) is 0 Å². The van der Waals surface area contributed by atoms with Crippen LogP contribution < -0.4 is 0 Å². The Kier molecular flexibility index (Phi) is 4.37. The molecule has 2 rings (SSSR count). The van der Waals surface area contributed by atoms with Crippen molar-refractivity contribution in [3.8, 4) is 0 Å². The summed E-state index contributed by atoms with van der Waals surface area (Å²) in [5.41, 5.74) is 2.08. The molecule has 0 aliphatic carbocycles. The Labute approximate surface area is 115 Å². The highest BCUT2D eigenvalue weighted by Crippen LogP contribution is 2.13. The van der Waals surface area contributed by atoms with E-state index in [1.165, 1.54) is 0 Å². The lowest BCUT2D eigenvalue weighted by Crippen LogP contribution is -2.30. The Morgan fingerprint density at radius 1 is 1.16 bits per heavy atom. The molecule has 0 bridgehead atoms. The molecule has 0 atom stereocenters. The van der Waals surface area contributed by atoms with Crippen molar-refractivity contribution >= 4 is 15.5 Å². The number of aliphatic imine (C=N–C) groups is 1. The highest BCUT2D eigenvalue weighted by Gasteiger charge is 2.15. The molecule has 1 aliphatic rings. The number of aryl methyl sites for hydroxylation is 1. The Morgan fingerprint density at radius 2 is 1.74 bits per heavy atom. The molecule has 0 unspecified atom stereocenters. The van der Waals surface area contributed by atoms with E-state index in [2.05, 4.69) is 16.9 Å². The zero-order chi connectivity index (χ0) is 13.9. The van der Waals surface area contributed by atoms with E-state index < -0.39 is 9.84 Å². The SMILES string of the molecule is Cc1ccc(S(=O)(=O)CN=C2CCN(C)CC2)cc1. The summed E-state index contributed by atoms with van der Waals surface area (Å²) in [4.78, 5) is 6.88. The Morgan fingerprint density at radius 3 is 2.32 bits per heavy atom. The molecule has 104 valence electrons. The maximum Gasteiger partial charge on any atom is 0.198 e. The van der Waals surface area contributed by atoms with Gasteiger partial charge in [0.05, 0.1) is 4.90 Å². The summed E-state index contributed by atoms with van der Waals surface area (Å²) in [7, 11) is -1.22. The summed E-state index contributed by atoms with van der Waals surface area (Å²) in [5.74, 6) is -0.130. The van der Waals surface area contributed by atoms with Crippen LogP contribution in [0.5, 0.6) is 0 Å². The largest absolute Gasteiger partial charge is 0.306 e. The van der Waals surface area contributed by atoms with Gasteiger partial charge in [0.2, 0.25) is 0 Å². The minimum absolute atomic E-state index is 0.130. The normalized spacial score (nSPS) is 17.5. The van der Waals surface area contributed by atoms with Crippen molar-refractivity contribution in [2.75, 3.05) is 26.0 Å². The van der Waals surface area contributed by atoms with E-state index in [0.717, 1.165) is 37.2 Å². The molecule has 1 aromatic rings. The Bertz CT molecular complexity index is 552. The van der Waals surface area contributed by atoms with Gasteiger partial charge >= 0.3 is 0 Å². The molecule has 5 heteroatoms. The summed E-state index contributed by atoms with van der Waals surface area (Å²) in [6.07, 6.45) is 1.75. The quantitative estimate of drug-likeness (QED) is 0.849. The summed E-state index contributed by atoms with van der Waals surface area (Å²) < 4.78 is 24.3. The van der Waals surface area contributed by atoms with Gasteiger partial charge in [-0.15, -0.1) is 0 Å². The van der Waals surface area contributed by atoms with Crippen LogP contribution in [0.1, 0.15) is 18.4 Å². The van der Waals surface area contributed by atoms with E-state index >= 15 is 0 Å². The maximum atomic E-state index is 12.1. The van der Waals surface area contributed by atoms with Crippen molar-refractivity contribution in [2.24, 2.45) is 4.99 Å². The van der Waals surface area contributed by atoms with Gasteiger partial charge in [0.15, 0.2) is 9.84 Å². The number of hydrogen-bond donors (Lipinski definition) is 0. The number of piperidine rings is 1. The summed E-state index contributed by atoms with van der Waals surface area (Å²) >= 11 is 0. The number of sulfone groups is 1. The fraction of sp³-hybridized carbons (Fsp3) is 0.500. The van der Waals surface area contributed by atoms with E-state index in [9.17, 15) is 8.42 Å². The molecule has 4 nitrogen and oxygen atoms in total. The molecule has 1 heterocycles. The maximum absolute atomic E-state index is 12.1. The van der Waals surface area contributed by atoms with Crippen LogP contribution in [0, 0.1) is 6.92 Å². The van der Waals surface area contributed by atoms with Crippen molar-refractivity contribution in [3.05, 3.63) is 29.8 Å². The fourth-order valence-corrected chi connectivity index (χ4v) is 3.08. The minimum atomic E-state index is -3.29. The van der Waals surface area contributed by atoms with Gasteiger partial charge in [0.1, 0.15) is 5.88 Å². The first-order valence-electron chi connectivity index (χ1n) is 6.47. The van der Waals surface area contributed by atoms with Crippen LogP contribution in [0.4, 0.5) is 0 Å². The first kappa shape index (κ1) is 14.2. The molecule has 0 radical (unpaired) electrons. The molecule has 1 aromatic carbocycles. The van der Waals surface area contributed by atoms with Crippen molar-refractivity contribution in [1.29, 1.82) is 0 Å². The Hall–Kier alpha value is -1.20. The van der Waals surface area contributed by atoms with Gasteiger partial charge in [-0.2, -0.15) is 0 Å². The third-order valence-electron chi connectivity index (χ3n) is 3.40. The lowest BCUT2D eigenvalue weighted by Gasteiger charge is -2.23. The van der Waals surface area contributed by atoms with Crippen LogP contribution in [0.15, 0.2) is 34.2 Å². The summed E-state index contributed by atoms with van der Waals surface area (Å²) in [6.45, 7) is 3.86. The van der Waals surface area contributed by atoms with Gasteiger partial charge in [0.25, 0.3) is 0 Å². The van der Waals surface area contributed by atoms with E-state index in [1.54, 1.807) is 12.1 Å². The zero-order valence-electron chi connectivity index (χ0n) is 11.5. The average molecular weight is 280 g/mol. The standard InChI is InChI=1S/C14H20N2O2S/c1-12-3-5-14(6-4-12)19(17,18)11-15-13-7-9-16(2)10-8-13/h3-6H,7-11H2,1-2H3. The molecule has 0 spiro atoms. The van der Waals surface area contributed by atoms with Crippen LogP contribution in [-0.2, 0) is 9.84 Å². The molecule has 19 heavy (non-hydrogen) atoms. The number of hydrogen-bond acceptors (Lipinski definition) is 4. The number of nitrogens with zero attached hydrogens (tertiary/aromatic N) is 2. The molecule has 1 aliphatic heterocycles. The van der Waals surface area contributed by atoms with Gasteiger partial charge in [-0.1, -0.05) is 17.7 Å². The van der Waals surface area contributed by atoms with Crippen LogP contribution in [0.3, 0.4) is 0 Å². The second-order valence-electron chi connectivity index (χ2n) is 5.08. The number of rotatable bonds is 3. The first-order chi connectivity index (χ1) is 8.97. The monoisotopic (exact) mass is 280 g/mol. The van der Waals surface area contributed by atoms with Crippen molar-refractivity contribution in [2.45, 2.75) is 24.7 Å². The Balaban J connectivity index is 2.05. The van der Waals surface area contributed by atoms with E-state index in [4.69, 9.17) is 0 Å². The molecular weight excluding hydrogens is 260 g/mol. The van der Waals surface area contributed by atoms with Crippen LogP contribution in [-0.4, -0.2) is 45.0 Å². The van der Waals surface area contributed by atoms with Gasteiger partial charge < -0.3 is 4.90 Å². The second-order valence-corrected chi connectivity index (χ2v) is 7.04. The molecule has 1 fully saturated rings. The topological polar surface area (TPSA) is 49.7 Å². The van der Waals surface area contributed by atoms with E-state index in [-0.39, 0.29) is 5.88 Å². The molecular formula is C14H20N2O2S. The second kappa shape index (κ2) is 5.84. The van der Waals surface area contributed by atoms with Crippen LogP contribution in [0.2, 0.25) is 0 Å².